The number of benzene rings is 1. The summed E-state index contributed by atoms with van der Waals surface area (Å²) in [5, 5.41) is 6.95. The SMILES string of the molecule is CN=C(NCC(c1ccc(OC)cc1)N1CCOCC1)NCC(C)(C)SC.I. The minimum absolute atomic E-state index is 0. The van der Waals surface area contributed by atoms with Gasteiger partial charge in [-0.3, -0.25) is 9.89 Å². The Labute approximate surface area is 191 Å². The van der Waals surface area contributed by atoms with Gasteiger partial charge in [0.25, 0.3) is 0 Å². The van der Waals surface area contributed by atoms with Crippen LogP contribution in [0.2, 0.25) is 0 Å². The van der Waals surface area contributed by atoms with E-state index in [1.807, 2.05) is 30.9 Å². The van der Waals surface area contributed by atoms with Crippen molar-refractivity contribution in [3.8, 4) is 5.75 Å². The highest BCUT2D eigenvalue weighted by Crippen LogP contribution is 2.24. The fourth-order valence-corrected chi connectivity index (χ4v) is 3.17. The highest BCUT2D eigenvalue weighted by molar-refractivity contribution is 14.0. The molecule has 0 bridgehead atoms. The number of aliphatic imine (C=N–C) groups is 1. The maximum absolute atomic E-state index is 5.54. The predicted octanol–water partition coefficient (Wildman–Crippen LogP) is 2.99. The first kappa shape index (κ1) is 25.3. The average molecular weight is 522 g/mol. The molecular weight excluding hydrogens is 487 g/mol. The van der Waals surface area contributed by atoms with Gasteiger partial charge in [0.2, 0.25) is 0 Å². The van der Waals surface area contributed by atoms with E-state index in [2.05, 4.69) is 52.8 Å². The molecule has 0 aromatic heterocycles. The van der Waals surface area contributed by atoms with E-state index in [0.717, 1.165) is 51.1 Å². The summed E-state index contributed by atoms with van der Waals surface area (Å²) >= 11 is 1.85. The van der Waals surface area contributed by atoms with Crippen molar-refractivity contribution < 1.29 is 9.47 Å². The Balaban J connectivity index is 0.00000392. The lowest BCUT2D eigenvalue weighted by Crippen LogP contribution is -2.48. The summed E-state index contributed by atoms with van der Waals surface area (Å²) in [6.45, 7) is 9.53. The van der Waals surface area contributed by atoms with E-state index < -0.39 is 0 Å². The van der Waals surface area contributed by atoms with Crippen molar-refractivity contribution in [2.75, 3.05) is 59.8 Å². The van der Waals surface area contributed by atoms with Gasteiger partial charge in [0.15, 0.2) is 5.96 Å². The van der Waals surface area contributed by atoms with E-state index in [1.54, 1.807) is 7.11 Å². The van der Waals surface area contributed by atoms with E-state index in [0.29, 0.717) is 0 Å². The predicted molar refractivity (Wildman–Crippen MR) is 131 cm³/mol. The zero-order chi connectivity index (χ0) is 19.7. The second kappa shape index (κ2) is 12.8. The molecule has 1 aromatic carbocycles. The third-order valence-corrected chi connectivity index (χ3v) is 6.16. The Kier molecular flexibility index (Phi) is 11.5. The minimum atomic E-state index is 0. The number of methoxy groups -OCH3 is 1. The normalized spacial score (nSPS) is 16.8. The number of nitrogens with one attached hydrogen (secondary N) is 2. The van der Waals surface area contributed by atoms with Gasteiger partial charge in [-0.2, -0.15) is 11.8 Å². The molecule has 1 fully saturated rings. The molecule has 2 rings (SSSR count). The molecular formula is C20H35IN4O2S. The maximum Gasteiger partial charge on any atom is 0.191 e. The third kappa shape index (κ3) is 7.96. The van der Waals surface area contributed by atoms with Crippen LogP contribution in [-0.4, -0.2) is 75.4 Å². The molecule has 1 aliphatic rings. The first-order valence-electron chi connectivity index (χ1n) is 9.44. The number of hydrogen-bond acceptors (Lipinski definition) is 5. The van der Waals surface area contributed by atoms with Gasteiger partial charge in [-0.15, -0.1) is 24.0 Å². The summed E-state index contributed by atoms with van der Waals surface area (Å²) in [5.74, 6) is 1.72. The molecule has 0 saturated carbocycles. The largest absolute Gasteiger partial charge is 0.497 e. The number of ether oxygens (including phenoxy) is 2. The monoisotopic (exact) mass is 522 g/mol. The maximum atomic E-state index is 5.54. The number of nitrogens with zero attached hydrogens (tertiary/aromatic N) is 2. The lowest BCUT2D eigenvalue weighted by atomic mass is 10.0. The van der Waals surface area contributed by atoms with Gasteiger partial charge in [-0.25, -0.2) is 0 Å². The molecule has 0 spiro atoms. The van der Waals surface area contributed by atoms with Gasteiger partial charge in [0.05, 0.1) is 26.4 Å². The molecule has 1 unspecified atom stereocenters. The van der Waals surface area contributed by atoms with Crippen LogP contribution in [0, 0.1) is 0 Å². The van der Waals surface area contributed by atoms with Crippen LogP contribution >= 0.6 is 35.7 Å². The van der Waals surface area contributed by atoms with Gasteiger partial charge in [0.1, 0.15) is 5.75 Å². The van der Waals surface area contributed by atoms with Crippen molar-refractivity contribution in [3.63, 3.8) is 0 Å². The molecule has 1 aliphatic heterocycles. The molecule has 28 heavy (non-hydrogen) atoms. The van der Waals surface area contributed by atoms with E-state index >= 15 is 0 Å². The number of guanidine groups is 1. The fraction of sp³-hybridized carbons (Fsp3) is 0.650. The number of morpholine rings is 1. The lowest BCUT2D eigenvalue weighted by molar-refractivity contribution is 0.0170. The Morgan fingerprint density at radius 2 is 1.89 bits per heavy atom. The number of thioether (sulfide) groups is 1. The second-order valence-corrected chi connectivity index (χ2v) is 8.72. The molecule has 1 atom stereocenters. The van der Waals surface area contributed by atoms with Gasteiger partial charge in [0, 0.05) is 38.0 Å². The number of halogens is 1. The van der Waals surface area contributed by atoms with Crippen LogP contribution in [0.25, 0.3) is 0 Å². The first-order valence-corrected chi connectivity index (χ1v) is 10.7. The molecule has 0 radical (unpaired) electrons. The van der Waals surface area contributed by atoms with Crippen LogP contribution < -0.4 is 15.4 Å². The van der Waals surface area contributed by atoms with Crippen molar-refractivity contribution in [2.45, 2.75) is 24.6 Å². The molecule has 1 heterocycles. The van der Waals surface area contributed by atoms with Crippen molar-refractivity contribution in [1.82, 2.24) is 15.5 Å². The van der Waals surface area contributed by atoms with Crippen LogP contribution in [0.15, 0.2) is 29.3 Å². The van der Waals surface area contributed by atoms with E-state index in [9.17, 15) is 0 Å². The van der Waals surface area contributed by atoms with Crippen LogP contribution in [0.1, 0.15) is 25.5 Å². The molecule has 6 nitrogen and oxygen atoms in total. The minimum Gasteiger partial charge on any atom is -0.497 e. The van der Waals surface area contributed by atoms with Gasteiger partial charge < -0.3 is 20.1 Å². The first-order chi connectivity index (χ1) is 13.0. The van der Waals surface area contributed by atoms with Crippen LogP contribution in [0.5, 0.6) is 5.75 Å². The Morgan fingerprint density at radius 3 is 2.43 bits per heavy atom. The van der Waals surface area contributed by atoms with Crippen LogP contribution in [0.3, 0.4) is 0 Å². The molecule has 0 aliphatic carbocycles. The van der Waals surface area contributed by atoms with Crippen molar-refractivity contribution in [2.24, 2.45) is 4.99 Å². The zero-order valence-electron chi connectivity index (χ0n) is 17.7. The summed E-state index contributed by atoms with van der Waals surface area (Å²) < 4.78 is 11.0. The Hall–Kier alpha value is -0.710. The molecule has 8 heteroatoms. The number of hydrogen-bond donors (Lipinski definition) is 2. The summed E-state index contributed by atoms with van der Waals surface area (Å²) in [6.07, 6.45) is 2.13. The topological polar surface area (TPSA) is 58.1 Å². The molecule has 0 amide bonds. The van der Waals surface area contributed by atoms with Gasteiger partial charge in [-0.1, -0.05) is 12.1 Å². The molecule has 2 N–H and O–H groups in total. The highest BCUT2D eigenvalue weighted by Gasteiger charge is 2.23. The average Bonchev–Trinajstić information content (AvgIpc) is 2.71. The Bertz CT molecular complexity index is 592. The van der Waals surface area contributed by atoms with Crippen molar-refractivity contribution >= 4 is 41.7 Å². The molecule has 1 saturated heterocycles. The quantitative estimate of drug-likeness (QED) is 0.311. The van der Waals surface area contributed by atoms with E-state index in [-0.39, 0.29) is 34.8 Å². The van der Waals surface area contributed by atoms with Gasteiger partial charge in [-0.05, 0) is 37.8 Å². The third-order valence-electron chi connectivity index (χ3n) is 4.91. The van der Waals surface area contributed by atoms with Crippen molar-refractivity contribution in [1.29, 1.82) is 0 Å². The van der Waals surface area contributed by atoms with Crippen LogP contribution in [0.4, 0.5) is 0 Å². The zero-order valence-corrected chi connectivity index (χ0v) is 20.8. The van der Waals surface area contributed by atoms with Gasteiger partial charge >= 0.3 is 0 Å². The smallest absolute Gasteiger partial charge is 0.191 e. The van der Waals surface area contributed by atoms with Crippen molar-refractivity contribution in [3.05, 3.63) is 29.8 Å². The fourth-order valence-electron chi connectivity index (χ4n) is 2.96. The summed E-state index contributed by atoms with van der Waals surface area (Å²) in [4.78, 5) is 6.86. The number of rotatable bonds is 8. The molecule has 1 aromatic rings. The summed E-state index contributed by atoms with van der Waals surface area (Å²) in [7, 11) is 3.51. The summed E-state index contributed by atoms with van der Waals surface area (Å²) in [6, 6.07) is 8.60. The standard InChI is InChI=1S/C20H34N4O2S.HI/c1-20(2,27-5)15-23-19(21-3)22-14-18(24-10-12-26-13-11-24)16-6-8-17(25-4)9-7-16;/h6-9,18H,10-15H2,1-5H3,(H2,21,22,23);1H. The summed E-state index contributed by atoms with van der Waals surface area (Å²) in [5.41, 5.74) is 1.27. The second-order valence-electron chi connectivity index (χ2n) is 7.21. The van der Waals surface area contributed by atoms with E-state index in [4.69, 9.17) is 9.47 Å². The highest BCUT2D eigenvalue weighted by atomic mass is 127. The Morgan fingerprint density at radius 1 is 1.25 bits per heavy atom. The molecule has 160 valence electrons. The van der Waals surface area contributed by atoms with E-state index in [1.165, 1.54) is 5.56 Å². The lowest BCUT2D eigenvalue weighted by Gasteiger charge is -2.35. The van der Waals surface area contributed by atoms with Crippen LogP contribution in [-0.2, 0) is 4.74 Å².